The van der Waals surface area contributed by atoms with E-state index < -0.39 is 11.9 Å². The van der Waals surface area contributed by atoms with E-state index in [2.05, 4.69) is 0 Å². The standard InChI is InChI=1S/C17H24N2O4/c1-11(2)23-13-6-4-12(5-7-13)8-16(20)19-10-14(22-3)9-15(19)17(18)21/h4-7,11,14-15H,8-10H2,1-3H3,(H2,18,21)/t14-,15-/m0/s1. The summed E-state index contributed by atoms with van der Waals surface area (Å²) in [6.07, 6.45) is 0.647. The van der Waals surface area contributed by atoms with Crippen molar-refractivity contribution in [1.29, 1.82) is 0 Å². The van der Waals surface area contributed by atoms with E-state index in [9.17, 15) is 9.59 Å². The number of ether oxygens (including phenoxy) is 2. The van der Waals surface area contributed by atoms with Crippen molar-refractivity contribution >= 4 is 11.8 Å². The Labute approximate surface area is 136 Å². The van der Waals surface area contributed by atoms with Crippen molar-refractivity contribution < 1.29 is 19.1 Å². The number of nitrogens with two attached hydrogens (primary N) is 1. The topological polar surface area (TPSA) is 81.9 Å². The van der Waals surface area contributed by atoms with Gasteiger partial charge in [0.25, 0.3) is 0 Å². The molecule has 2 N–H and O–H groups in total. The largest absolute Gasteiger partial charge is 0.491 e. The van der Waals surface area contributed by atoms with Crippen molar-refractivity contribution in [2.75, 3.05) is 13.7 Å². The molecule has 6 nitrogen and oxygen atoms in total. The lowest BCUT2D eigenvalue weighted by Gasteiger charge is -2.22. The lowest BCUT2D eigenvalue weighted by molar-refractivity contribution is -0.136. The molecule has 23 heavy (non-hydrogen) atoms. The van der Waals surface area contributed by atoms with Gasteiger partial charge in [-0.3, -0.25) is 9.59 Å². The van der Waals surface area contributed by atoms with Gasteiger partial charge in [-0.05, 0) is 31.5 Å². The van der Waals surface area contributed by atoms with Crippen LogP contribution < -0.4 is 10.5 Å². The summed E-state index contributed by atoms with van der Waals surface area (Å²) < 4.78 is 10.8. The minimum absolute atomic E-state index is 0.106. The highest BCUT2D eigenvalue weighted by Crippen LogP contribution is 2.22. The molecule has 2 rings (SSSR count). The third kappa shape index (κ3) is 4.45. The van der Waals surface area contributed by atoms with Gasteiger partial charge >= 0.3 is 0 Å². The molecule has 0 spiro atoms. The SMILES string of the molecule is CO[C@H]1C[C@@H](C(N)=O)N(C(=O)Cc2ccc(OC(C)C)cc2)C1. The number of primary amides is 1. The predicted octanol–water partition coefficient (Wildman–Crippen LogP) is 1.12. The fourth-order valence-corrected chi connectivity index (χ4v) is 2.75. The van der Waals surface area contributed by atoms with Gasteiger partial charge in [-0.2, -0.15) is 0 Å². The van der Waals surface area contributed by atoms with Crippen molar-refractivity contribution in [2.45, 2.75) is 44.9 Å². The number of methoxy groups -OCH3 is 1. The number of amides is 2. The van der Waals surface area contributed by atoms with Gasteiger partial charge in [0.2, 0.25) is 11.8 Å². The van der Waals surface area contributed by atoms with Crippen LogP contribution in [-0.2, 0) is 20.7 Å². The molecule has 1 fully saturated rings. The molecule has 0 radical (unpaired) electrons. The summed E-state index contributed by atoms with van der Waals surface area (Å²) in [5.41, 5.74) is 6.27. The zero-order valence-electron chi connectivity index (χ0n) is 13.8. The number of carbonyl (C=O) groups excluding carboxylic acids is 2. The highest BCUT2D eigenvalue weighted by atomic mass is 16.5. The maximum absolute atomic E-state index is 12.5. The van der Waals surface area contributed by atoms with Gasteiger partial charge in [0, 0.05) is 20.1 Å². The van der Waals surface area contributed by atoms with Crippen LogP contribution in [0.2, 0.25) is 0 Å². The van der Waals surface area contributed by atoms with Gasteiger partial charge in [-0.1, -0.05) is 12.1 Å². The highest BCUT2D eigenvalue weighted by molar-refractivity contribution is 5.88. The summed E-state index contributed by atoms with van der Waals surface area (Å²) in [6, 6.07) is 6.82. The minimum Gasteiger partial charge on any atom is -0.491 e. The van der Waals surface area contributed by atoms with E-state index >= 15 is 0 Å². The lowest BCUT2D eigenvalue weighted by atomic mass is 10.1. The average Bonchev–Trinajstić information content (AvgIpc) is 2.93. The van der Waals surface area contributed by atoms with Crippen LogP contribution >= 0.6 is 0 Å². The number of hydrogen-bond donors (Lipinski definition) is 1. The van der Waals surface area contributed by atoms with Gasteiger partial charge in [0.15, 0.2) is 0 Å². The smallest absolute Gasteiger partial charge is 0.240 e. The molecule has 2 atom stereocenters. The number of benzene rings is 1. The van der Waals surface area contributed by atoms with E-state index in [0.717, 1.165) is 11.3 Å². The number of likely N-dealkylation sites (tertiary alicyclic amines) is 1. The molecular formula is C17H24N2O4. The second-order valence-corrected chi connectivity index (χ2v) is 6.05. The molecule has 1 heterocycles. The molecule has 1 aromatic rings. The first-order valence-electron chi connectivity index (χ1n) is 7.78. The number of carbonyl (C=O) groups is 2. The van der Waals surface area contributed by atoms with E-state index in [4.69, 9.17) is 15.2 Å². The van der Waals surface area contributed by atoms with Gasteiger partial charge in [-0.15, -0.1) is 0 Å². The summed E-state index contributed by atoms with van der Waals surface area (Å²) >= 11 is 0. The van der Waals surface area contributed by atoms with E-state index in [1.807, 2.05) is 38.1 Å². The van der Waals surface area contributed by atoms with Crippen LogP contribution in [0.5, 0.6) is 5.75 Å². The molecule has 1 aromatic carbocycles. The molecule has 126 valence electrons. The van der Waals surface area contributed by atoms with Crippen LogP contribution in [0.25, 0.3) is 0 Å². The minimum atomic E-state index is -0.587. The first kappa shape index (κ1) is 17.3. The molecule has 0 aromatic heterocycles. The quantitative estimate of drug-likeness (QED) is 0.851. The van der Waals surface area contributed by atoms with Crippen molar-refractivity contribution in [1.82, 2.24) is 4.90 Å². The Morgan fingerprint density at radius 1 is 1.30 bits per heavy atom. The molecular weight excluding hydrogens is 296 g/mol. The Hall–Kier alpha value is -2.08. The molecule has 0 aliphatic carbocycles. The lowest BCUT2D eigenvalue weighted by Crippen LogP contribution is -2.44. The number of rotatable bonds is 6. The van der Waals surface area contributed by atoms with Gasteiger partial charge < -0.3 is 20.1 Å². The number of hydrogen-bond acceptors (Lipinski definition) is 4. The Morgan fingerprint density at radius 3 is 2.48 bits per heavy atom. The van der Waals surface area contributed by atoms with Gasteiger partial charge in [0.05, 0.1) is 18.6 Å². The predicted molar refractivity (Wildman–Crippen MR) is 86.0 cm³/mol. The van der Waals surface area contributed by atoms with Crippen molar-refractivity contribution in [3.8, 4) is 5.75 Å². The molecule has 6 heteroatoms. The number of nitrogens with zero attached hydrogens (tertiary/aromatic N) is 1. The first-order valence-corrected chi connectivity index (χ1v) is 7.78. The van der Waals surface area contributed by atoms with Crippen LogP contribution in [0.15, 0.2) is 24.3 Å². The zero-order valence-corrected chi connectivity index (χ0v) is 13.8. The van der Waals surface area contributed by atoms with Crippen LogP contribution in [0.1, 0.15) is 25.8 Å². The van der Waals surface area contributed by atoms with E-state index in [1.165, 1.54) is 4.90 Å². The first-order chi connectivity index (χ1) is 10.9. The molecule has 1 aliphatic rings. The van der Waals surface area contributed by atoms with Crippen LogP contribution in [0.3, 0.4) is 0 Å². The summed E-state index contributed by atoms with van der Waals surface area (Å²) in [7, 11) is 1.57. The summed E-state index contributed by atoms with van der Waals surface area (Å²) in [5, 5.41) is 0. The Bertz CT molecular complexity index is 556. The summed E-state index contributed by atoms with van der Waals surface area (Å²) in [4.78, 5) is 25.5. The summed E-state index contributed by atoms with van der Waals surface area (Å²) in [5.74, 6) is 0.163. The molecule has 1 saturated heterocycles. The van der Waals surface area contributed by atoms with Crippen molar-refractivity contribution in [3.05, 3.63) is 29.8 Å². The van der Waals surface area contributed by atoms with Crippen LogP contribution in [0.4, 0.5) is 0 Å². The van der Waals surface area contributed by atoms with Crippen LogP contribution in [0, 0.1) is 0 Å². The maximum atomic E-state index is 12.5. The Kier molecular flexibility index (Phi) is 5.60. The third-order valence-electron chi connectivity index (χ3n) is 3.90. The summed E-state index contributed by atoms with van der Waals surface area (Å²) in [6.45, 7) is 4.32. The second kappa shape index (κ2) is 7.46. The van der Waals surface area contributed by atoms with E-state index in [1.54, 1.807) is 7.11 Å². The Morgan fingerprint density at radius 2 is 1.96 bits per heavy atom. The second-order valence-electron chi connectivity index (χ2n) is 6.05. The van der Waals surface area contributed by atoms with E-state index in [0.29, 0.717) is 13.0 Å². The Balaban J connectivity index is 2.01. The molecule has 0 saturated carbocycles. The molecule has 1 aliphatic heterocycles. The van der Waals surface area contributed by atoms with Gasteiger partial charge in [-0.25, -0.2) is 0 Å². The monoisotopic (exact) mass is 320 g/mol. The third-order valence-corrected chi connectivity index (χ3v) is 3.90. The fourth-order valence-electron chi connectivity index (χ4n) is 2.75. The molecule has 0 bridgehead atoms. The van der Waals surface area contributed by atoms with Gasteiger partial charge in [0.1, 0.15) is 11.8 Å². The highest BCUT2D eigenvalue weighted by Gasteiger charge is 2.38. The molecule has 2 amide bonds. The van der Waals surface area contributed by atoms with Crippen molar-refractivity contribution in [3.63, 3.8) is 0 Å². The average molecular weight is 320 g/mol. The van der Waals surface area contributed by atoms with Crippen LogP contribution in [-0.4, -0.2) is 48.6 Å². The normalized spacial score (nSPS) is 20.8. The fraction of sp³-hybridized carbons (Fsp3) is 0.529. The molecule has 0 unspecified atom stereocenters. The van der Waals surface area contributed by atoms with Crippen molar-refractivity contribution in [2.24, 2.45) is 5.73 Å². The van der Waals surface area contributed by atoms with E-state index in [-0.39, 0.29) is 24.5 Å². The zero-order chi connectivity index (χ0) is 17.0. The maximum Gasteiger partial charge on any atom is 0.240 e.